The van der Waals surface area contributed by atoms with Crippen molar-refractivity contribution in [2.24, 2.45) is 10.8 Å². The minimum atomic E-state index is -0.217. The normalized spacial score (nSPS) is 27.1. The van der Waals surface area contributed by atoms with Gasteiger partial charge in [-0.3, -0.25) is 5.01 Å². The summed E-state index contributed by atoms with van der Waals surface area (Å²) in [6.07, 6.45) is 0. The standard InChI is InChI=1S/C10H9FN3S2/c11-7-3-1-6(2-4-7)9-14-8(5-15-9)16-10(12)13-14/h1-5,8-9H,(H2,12,13). The van der Waals surface area contributed by atoms with Gasteiger partial charge in [-0.15, -0.1) is 5.10 Å². The molecule has 6 heteroatoms. The first kappa shape index (κ1) is 10.0. The van der Waals surface area contributed by atoms with Gasteiger partial charge in [-0.25, -0.2) is 4.39 Å². The van der Waals surface area contributed by atoms with E-state index in [1.54, 1.807) is 35.2 Å². The summed E-state index contributed by atoms with van der Waals surface area (Å²) in [6.45, 7) is 0. The average Bonchev–Trinajstić information content (AvgIpc) is 2.78. The largest absolute Gasteiger partial charge is 0.377 e. The average molecular weight is 254 g/mol. The van der Waals surface area contributed by atoms with Crippen molar-refractivity contribution in [3.05, 3.63) is 35.6 Å². The van der Waals surface area contributed by atoms with Crippen molar-refractivity contribution in [3.8, 4) is 0 Å². The van der Waals surface area contributed by atoms with Crippen LogP contribution in [-0.4, -0.2) is 20.9 Å². The van der Waals surface area contributed by atoms with E-state index in [9.17, 15) is 4.39 Å². The molecule has 2 aliphatic heterocycles. The number of rotatable bonds is 1. The Morgan fingerprint density at radius 2 is 2.06 bits per heavy atom. The van der Waals surface area contributed by atoms with E-state index in [0.717, 1.165) is 5.56 Å². The Balaban J connectivity index is 1.91. The predicted octanol–water partition coefficient (Wildman–Crippen LogP) is 1.98. The molecule has 2 atom stereocenters. The third-order valence-electron chi connectivity index (χ3n) is 2.44. The molecule has 16 heavy (non-hydrogen) atoms. The molecule has 0 spiro atoms. The van der Waals surface area contributed by atoms with Gasteiger partial charge < -0.3 is 5.73 Å². The fraction of sp³-hybridized carbons (Fsp3) is 0.200. The van der Waals surface area contributed by atoms with Crippen molar-refractivity contribution in [1.29, 1.82) is 0 Å². The van der Waals surface area contributed by atoms with E-state index < -0.39 is 0 Å². The van der Waals surface area contributed by atoms with Crippen molar-refractivity contribution >= 4 is 33.6 Å². The molecule has 0 aliphatic carbocycles. The summed E-state index contributed by atoms with van der Waals surface area (Å²) in [7, 11) is 0. The number of nitrogens with two attached hydrogens (primary N) is 1. The summed E-state index contributed by atoms with van der Waals surface area (Å²) in [5, 5.41) is 9.26. The van der Waals surface area contributed by atoms with Gasteiger partial charge in [0.05, 0.1) is 0 Å². The van der Waals surface area contributed by atoms with Crippen LogP contribution in [0.4, 0.5) is 4.39 Å². The molecule has 1 aromatic carbocycles. The second-order valence-electron chi connectivity index (χ2n) is 3.50. The molecule has 0 bridgehead atoms. The minimum Gasteiger partial charge on any atom is -0.377 e. The first-order valence-corrected chi connectivity index (χ1v) is 6.59. The molecular weight excluding hydrogens is 245 g/mol. The lowest BCUT2D eigenvalue weighted by atomic mass is 10.2. The van der Waals surface area contributed by atoms with Crippen LogP contribution in [0.25, 0.3) is 0 Å². The lowest BCUT2D eigenvalue weighted by Crippen LogP contribution is -2.22. The highest BCUT2D eigenvalue weighted by Gasteiger charge is 2.35. The van der Waals surface area contributed by atoms with Gasteiger partial charge in [0.15, 0.2) is 5.17 Å². The van der Waals surface area contributed by atoms with Gasteiger partial charge in [-0.05, 0) is 17.7 Å². The highest BCUT2D eigenvalue weighted by atomic mass is 32.2. The van der Waals surface area contributed by atoms with E-state index in [4.69, 9.17) is 5.73 Å². The zero-order valence-corrected chi connectivity index (χ0v) is 9.84. The Morgan fingerprint density at radius 1 is 1.31 bits per heavy atom. The van der Waals surface area contributed by atoms with Crippen LogP contribution >= 0.6 is 23.1 Å². The third-order valence-corrected chi connectivity index (χ3v) is 4.69. The van der Waals surface area contributed by atoms with E-state index in [-0.39, 0.29) is 16.6 Å². The van der Waals surface area contributed by atoms with Crippen LogP contribution in [0, 0.1) is 5.82 Å². The number of hydrazone groups is 1. The molecule has 1 aromatic rings. The molecule has 0 saturated carbocycles. The molecule has 2 N–H and O–H groups in total. The highest BCUT2D eigenvalue weighted by molar-refractivity contribution is 8.16. The Morgan fingerprint density at radius 3 is 2.81 bits per heavy atom. The van der Waals surface area contributed by atoms with Crippen molar-refractivity contribution < 1.29 is 4.39 Å². The minimum absolute atomic E-state index is 0.110. The molecule has 1 radical (unpaired) electrons. The second kappa shape index (κ2) is 3.71. The first-order chi connectivity index (χ1) is 7.74. The van der Waals surface area contributed by atoms with Crippen molar-refractivity contribution in [3.63, 3.8) is 0 Å². The number of thioether (sulfide) groups is 1. The Kier molecular flexibility index (Phi) is 2.33. The number of benzene rings is 1. The molecule has 83 valence electrons. The number of halogens is 1. The maximum atomic E-state index is 12.8. The van der Waals surface area contributed by atoms with Crippen LogP contribution in [0.1, 0.15) is 10.9 Å². The summed E-state index contributed by atoms with van der Waals surface area (Å²) in [5.74, 6) is -0.217. The van der Waals surface area contributed by atoms with Gasteiger partial charge in [0.25, 0.3) is 0 Å². The number of fused-ring (bicyclic) bond motifs is 1. The Labute approximate surface area is 100 Å². The van der Waals surface area contributed by atoms with Gasteiger partial charge in [-0.1, -0.05) is 23.9 Å². The van der Waals surface area contributed by atoms with Crippen LogP contribution in [0.5, 0.6) is 0 Å². The maximum absolute atomic E-state index is 12.8. The smallest absolute Gasteiger partial charge is 0.180 e. The molecule has 2 unspecified atom stereocenters. The van der Waals surface area contributed by atoms with Gasteiger partial charge in [-0.2, -0.15) is 11.4 Å². The molecule has 0 fully saturated rings. The highest BCUT2D eigenvalue weighted by Crippen LogP contribution is 2.41. The van der Waals surface area contributed by atoms with Crippen LogP contribution in [0.2, 0.25) is 0 Å². The number of amidine groups is 1. The predicted molar refractivity (Wildman–Crippen MR) is 67.6 cm³/mol. The molecular formula is C10H9FN3S2. The van der Waals surface area contributed by atoms with Crippen molar-refractivity contribution in [2.75, 3.05) is 0 Å². The van der Waals surface area contributed by atoms with E-state index in [1.165, 1.54) is 12.1 Å². The fourth-order valence-corrected chi connectivity index (χ4v) is 3.89. The van der Waals surface area contributed by atoms with E-state index in [2.05, 4.69) is 10.5 Å². The molecule has 2 aliphatic rings. The van der Waals surface area contributed by atoms with E-state index in [0.29, 0.717) is 5.17 Å². The van der Waals surface area contributed by atoms with Crippen molar-refractivity contribution in [1.82, 2.24) is 5.01 Å². The first-order valence-electron chi connectivity index (χ1n) is 4.77. The third kappa shape index (κ3) is 1.58. The molecule has 0 saturated heterocycles. The molecule has 0 aromatic heterocycles. The monoisotopic (exact) mass is 254 g/mol. The number of hydrogen-bond donors (Lipinski definition) is 1. The SMILES string of the molecule is NC1=NN2C(C=[S]C2c2ccc(F)cc2)S1. The summed E-state index contributed by atoms with van der Waals surface area (Å²) in [5.41, 5.74) is 6.72. The Bertz CT molecular complexity index is 471. The van der Waals surface area contributed by atoms with Crippen LogP contribution < -0.4 is 5.73 Å². The second-order valence-corrected chi connectivity index (χ2v) is 5.63. The van der Waals surface area contributed by atoms with E-state index >= 15 is 0 Å². The van der Waals surface area contributed by atoms with Gasteiger partial charge >= 0.3 is 0 Å². The number of nitrogens with zero attached hydrogens (tertiary/aromatic N) is 2. The topological polar surface area (TPSA) is 41.6 Å². The quantitative estimate of drug-likeness (QED) is 0.779. The van der Waals surface area contributed by atoms with Gasteiger partial charge in [0.1, 0.15) is 16.6 Å². The zero-order chi connectivity index (χ0) is 11.1. The molecule has 3 nitrogen and oxygen atoms in total. The number of hydrogen-bond acceptors (Lipinski definition) is 4. The molecule has 3 rings (SSSR count). The maximum Gasteiger partial charge on any atom is 0.180 e. The fourth-order valence-electron chi connectivity index (χ4n) is 1.71. The summed E-state index contributed by atoms with van der Waals surface area (Å²) in [6, 6.07) is 6.52. The van der Waals surface area contributed by atoms with Crippen molar-refractivity contribution in [2.45, 2.75) is 10.7 Å². The summed E-state index contributed by atoms with van der Waals surface area (Å²) in [4.78, 5) is 0. The van der Waals surface area contributed by atoms with Crippen LogP contribution in [0.3, 0.4) is 0 Å². The van der Waals surface area contributed by atoms with Gasteiger partial charge in [0, 0.05) is 5.37 Å². The lowest BCUT2D eigenvalue weighted by molar-refractivity contribution is 0.310. The van der Waals surface area contributed by atoms with Crippen LogP contribution in [-0.2, 0) is 0 Å². The zero-order valence-electron chi connectivity index (χ0n) is 8.21. The lowest BCUT2D eigenvalue weighted by Gasteiger charge is -2.20. The van der Waals surface area contributed by atoms with E-state index in [1.807, 2.05) is 5.01 Å². The summed E-state index contributed by atoms with van der Waals surface area (Å²) >= 11 is 3.23. The molecule has 2 heterocycles. The van der Waals surface area contributed by atoms with Gasteiger partial charge in [0.2, 0.25) is 0 Å². The van der Waals surface area contributed by atoms with Crippen LogP contribution in [0.15, 0.2) is 29.4 Å². The Hall–Kier alpha value is -1.14. The summed E-state index contributed by atoms with van der Waals surface area (Å²) < 4.78 is 12.8. The molecule has 0 amide bonds.